The van der Waals surface area contributed by atoms with Crippen LogP contribution >= 0.6 is 11.3 Å². The van der Waals surface area contributed by atoms with Gasteiger partial charge in [-0.25, -0.2) is 4.98 Å². The minimum absolute atomic E-state index is 0.349. The molecule has 1 aromatic heterocycles. The van der Waals surface area contributed by atoms with Gasteiger partial charge < -0.3 is 18.9 Å². The van der Waals surface area contributed by atoms with Crippen molar-refractivity contribution in [2.24, 2.45) is 0 Å². The summed E-state index contributed by atoms with van der Waals surface area (Å²) in [6, 6.07) is 12.3. The second kappa shape index (κ2) is 9.29. The molecule has 3 aromatic rings. The van der Waals surface area contributed by atoms with Crippen molar-refractivity contribution in [2.45, 2.75) is 5.92 Å². The van der Waals surface area contributed by atoms with Gasteiger partial charge >= 0.3 is 0 Å². The Kier molecular flexibility index (Phi) is 6.54. The van der Waals surface area contributed by atoms with E-state index in [-0.39, 0.29) is 5.78 Å². The third-order valence-corrected chi connectivity index (χ3v) is 5.42. The third kappa shape index (κ3) is 4.07. The van der Waals surface area contributed by atoms with Gasteiger partial charge in [0.1, 0.15) is 5.01 Å². The quantitative estimate of drug-likeness (QED) is 0.497. The fourth-order valence-corrected chi connectivity index (χ4v) is 3.80. The number of Topliss-reactive ketones (excluding diaryl/α,β-unsaturated/α-hetero) is 1. The van der Waals surface area contributed by atoms with E-state index in [1.807, 2.05) is 11.4 Å². The zero-order chi connectivity index (χ0) is 21.7. The second-order valence-corrected chi connectivity index (χ2v) is 7.03. The highest BCUT2D eigenvalue weighted by atomic mass is 32.1. The van der Waals surface area contributed by atoms with Crippen LogP contribution in [-0.4, -0.2) is 39.2 Å². The molecule has 2 aromatic carbocycles. The highest BCUT2D eigenvalue weighted by Crippen LogP contribution is 2.35. The van der Waals surface area contributed by atoms with Gasteiger partial charge in [-0.2, -0.15) is 5.26 Å². The van der Waals surface area contributed by atoms with Gasteiger partial charge in [-0.15, -0.1) is 11.3 Å². The molecule has 1 unspecified atom stereocenters. The van der Waals surface area contributed by atoms with Crippen LogP contribution in [0.2, 0.25) is 0 Å². The van der Waals surface area contributed by atoms with Crippen LogP contribution in [0, 0.1) is 11.3 Å². The first kappa shape index (κ1) is 21.1. The lowest BCUT2D eigenvalue weighted by Gasteiger charge is -2.10. The number of methoxy groups -OCH3 is 4. The van der Waals surface area contributed by atoms with Crippen molar-refractivity contribution in [3.05, 3.63) is 52.3 Å². The summed E-state index contributed by atoms with van der Waals surface area (Å²) in [4.78, 5) is 17.5. The van der Waals surface area contributed by atoms with E-state index in [1.165, 1.54) is 25.6 Å². The first-order valence-electron chi connectivity index (χ1n) is 8.90. The molecule has 0 aliphatic carbocycles. The summed E-state index contributed by atoms with van der Waals surface area (Å²) in [5, 5.41) is 11.9. The number of rotatable bonds is 8. The van der Waals surface area contributed by atoms with Gasteiger partial charge in [0.15, 0.2) is 34.7 Å². The van der Waals surface area contributed by atoms with Crippen molar-refractivity contribution in [1.29, 1.82) is 5.26 Å². The number of hydrogen-bond acceptors (Lipinski definition) is 8. The molecule has 0 amide bonds. The summed E-state index contributed by atoms with van der Waals surface area (Å²) in [7, 11) is 6.13. The first-order chi connectivity index (χ1) is 14.6. The van der Waals surface area contributed by atoms with Gasteiger partial charge in [-0.1, -0.05) is 0 Å². The van der Waals surface area contributed by atoms with E-state index in [1.54, 1.807) is 44.6 Å². The number of carbonyl (C=O) groups is 1. The molecule has 154 valence electrons. The van der Waals surface area contributed by atoms with E-state index in [0.717, 1.165) is 5.56 Å². The Balaban J connectivity index is 1.91. The van der Waals surface area contributed by atoms with Gasteiger partial charge in [0.2, 0.25) is 0 Å². The highest BCUT2D eigenvalue weighted by Gasteiger charge is 2.26. The van der Waals surface area contributed by atoms with E-state index in [2.05, 4.69) is 11.1 Å². The van der Waals surface area contributed by atoms with E-state index >= 15 is 0 Å². The molecule has 0 spiro atoms. The lowest BCUT2D eigenvalue weighted by Crippen LogP contribution is -2.11. The highest BCUT2D eigenvalue weighted by molar-refractivity contribution is 7.10. The van der Waals surface area contributed by atoms with Crippen LogP contribution in [0.25, 0.3) is 11.3 Å². The zero-order valence-corrected chi connectivity index (χ0v) is 17.8. The largest absolute Gasteiger partial charge is 0.493 e. The predicted molar refractivity (Wildman–Crippen MR) is 113 cm³/mol. The summed E-state index contributed by atoms with van der Waals surface area (Å²) < 4.78 is 21.0. The molecule has 0 aliphatic rings. The van der Waals surface area contributed by atoms with Crippen LogP contribution < -0.4 is 18.9 Å². The molecule has 7 nitrogen and oxygen atoms in total. The van der Waals surface area contributed by atoms with Crippen molar-refractivity contribution in [1.82, 2.24) is 4.98 Å². The SMILES string of the molecule is COc1ccc(C(=O)C(C#N)c2nc(-c3ccc(OC)c(OC)c3)cs2)cc1OC. The third-order valence-electron chi connectivity index (χ3n) is 4.51. The number of benzene rings is 2. The Labute approximate surface area is 178 Å². The van der Waals surface area contributed by atoms with Crippen molar-refractivity contribution in [3.63, 3.8) is 0 Å². The van der Waals surface area contributed by atoms with Gasteiger partial charge in [-0.05, 0) is 36.4 Å². The minimum Gasteiger partial charge on any atom is -0.493 e. The average molecular weight is 424 g/mol. The molecule has 0 bridgehead atoms. The Hall–Kier alpha value is -3.57. The molecule has 1 atom stereocenters. The van der Waals surface area contributed by atoms with Crippen LogP contribution in [0.15, 0.2) is 41.8 Å². The molecular formula is C22H20N2O5S. The lowest BCUT2D eigenvalue weighted by atomic mass is 9.99. The first-order valence-corrected chi connectivity index (χ1v) is 9.77. The molecule has 30 heavy (non-hydrogen) atoms. The molecule has 3 rings (SSSR count). The molecule has 0 saturated carbocycles. The minimum atomic E-state index is -1.03. The van der Waals surface area contributed by atoms with Crippen LogP contribution in [-0.2, 0) is 0 Å². The Morgan fingerprint density at radius 3 is 2.13 bits per heavy atom. The molecule has 1 heterocycles. The number of nitrogens with zero attached hydrogens (tertiary/aromatic N) is 2. The van der Waals surface area contributed by atoms with E-state index in [0.29, 0.717) is 39.3 Å². The smallest absolute Gasteiger partial charge is 0.187 e. The monoisotopic (exact) mass is 424 g/mol. The molecule has 0 saturated heterocycles. The van der Waals surface area contributed by atoms with Crippen molar-refractivity contribution >= 4 is 17.1 Å². The molecule has 0 N–H and O–H groups in total. The van der Waals surface area contributed by atoms with Gasteiger partial charge in [-0.3, -0.25) is 4.79 Å². The summed E-state index contributed by atoms with van der Waals surface area (Å²) >= 11 is 1.26. The summed E-state index contributed by atoms with van der Waals surface area (Å²) in [6.45, 7) is 0. The maximum Gasteiger partial charge on any atom is 0.187 e. The van der Waals surface area contributed by atoms with E-state index in [9.17, 15) is 10.1 Å². The molecule has 8 heteroatoms. The topological polar surface area (TPSA) is 90.7 Å². The Bertz CT molecular complexity index is 1100. The van der Waals surface area contributed by atoms with Crippen LogP contribution in [0.5, 0.6) is 23.0 Å². The Morgan fingerprint density at radius 2 is 1.53 bits per heavy atom. The molecule has 0 aliphatic heterocycles. The lowest BCUT2D eigenvalue weighted by molar-refractivity contribution is 0.0978. The number of carbonyl (C=O) groups excluding carboxylic acids is 1. The van der Waals surface area contributed by atoms with Gasteiger partial charge in [0, 0.05) is 16.5 Å². The van der Waals surface area contributed by atoms with Crippen LogP contribution in [0.3, 0.4) is 0 Å². The van der Waals surface area contributed by atoms with Crippen LogP contribution in [0.4, 0.5) is 0 Å². The van der Waals surface area contributed by atoms with Crippen molar-refractivity contribution < 1.29 is 23.7 Å². The summed E-state index contributed by atoms with van der Waals surface area (Å²) in [6.07, 6.45) is 0. The van der Waals surface area contributed by atoms with Crippen molar-refractivity contribution in [3.8, 4) is 40.3 Å². The maximum atomic E-state index is 13.0. The fraction of sp³-hybridized carbons (Fsp3) is 0.227. The Morgan fingerprint density at radius 1 is 0.933 bits per heavy atom. The van der Waals surface area contributed by atoms with Gasteiger partial charge in [0.05, 0.1) is 40.2 Å². The van der Waals surface area contributed by atoms with Crippen molar-refractivity contribution in [2.75, 3.05) is 28.4 Å². The number of ether oxygens (including phenoxy) is 4. The summed E-state index contributed by atoms with van der Waals surface area (Å²) in [5.74, 6) is 0.726. The van der Waals surface area contributed by atoms with E-state index in [4.69, 9.17) is 18.9 Å². The molecule has 0 radical (unpaired) electrons. The summed E-state index contributed by atoms with van der Waals surface area (Å²) in [5.41, 5.74) is 1.80. The van der Waals surface area contributed by atoms with Gasteiger partial charge in [0.25, 0.3) is 0 Å². The number of nitriles is 1. The number of thiazole rings is 1. The predicted octanol–water partition coefficient (Wildman–Crippen LogP) is 4.33. The standard InChI is InChI=1S/C22H20N2O5S/c1-26-17-7-5-13(9-19(17)28-3)16-12-30-22(24-16)15(11-23)21(25)14-6-8-18(27-2)20(10-14)29-4/h5-10,12,15H,1-4H3. The van der Waals surface area contributed by atoms with E-state index < -0.39 is 5.92 Å². The zero-order valence-electron chi connectivity index (χ0n) is 17.0. The number of hydrogen-bond donors (Lipinski definition) is 0. The second-order valence-electron chi connectivity index (χ2n) is 6.14. The fourth-order valence-electron chi connectivity index (χ4n) is 2.93. The number of ketones is 1. The number of aromatic nitrogens is 1. The molecular weight excluding hydrogens is 404 g/mol. The average Bonchev–Trinajstić information content (AvgIpc) is 3.28. The molecule has 0 fully saturated rings. The van der Waals surface area contributed by atoms with Crippen LogP contribution in [0.1, 0.15) is 21.3 Å². The normalized spacial score (nSPS) is 11.3. The maximum absolute atomic E-state index is 13.0.